The van der Waals surface area contributed by atoms with Crippen molar-refractivity contribution in [1.82, 2.24) is 20.0 Å². The van der Waals surface area contributed by atoms with Crippen LogP contribution < -0.4 is 11.1 Å². The van der Waals surface area contributed by atoms with Gasteiger partial charge in [0.05, 0.1) is 51.0 Å². The molecule has 4 rings (SSSR count). The summed E-state index contributed by atoms with van der Waals surface area (Å²) in [6.07, 6.45) is 41.4. The van der Waals surface area contributed by atoms with Crippen LogP contribution in [0, 0.1) is 47.3 Å². The van der Waals surface area contributed by atoms with E-state index in [2.05, 4.69) is 45.2 Å². The number of ether oxygens (including phenoxy) is 5. The lowest BCUT2D eigenvalue weighted by atomic mass is 9.70. The molecule has 26 nitrogen and oxygen atoms in total. The first kappa shape index (κ1) is 128. The third kappa shape index (κ3) is 63.8. The SMILES string of the molecule is C/C=C/C(C)=C/C(=O)Cl.C/C=C/C(C)=C/C(=O)O.C/C=C/C(C)=C/C(=O)OCC.C/C=C\CN.C/C=C\CN(C(=O)/C=C(C)/C=C/C)C(=O)OC(C)(C)C.C/C=C\CNC(=O)/C=C(C)/C=C/C.CC1=C[C@@H](C)[C@H](C)[C@@H]2CN(C(=O)OC(C)(C)C)C(=O)[C@@H]12.CC1=C[C@H](C)[C@H](C)[C@@H]2CN(C(=O)OC(C)(C)C)C(=O)[C@H]12.CC=O.CCOC(=O)/C=C(\C)CP(=O)(OCC)OCC. The Kier molecular flexibility index (Phi) is 71.8. The molecule has 0 bridgehead atoms. The number of carbonyl (C=O) groups excluding carboxylic acids is 11. The number of likely N-dealkylation sites (tertiary alicyclic amines) is 2. The van der Waals surface area contributed by atoms with Crippen LogP contribution in [0.4, 0.5) is 14.4 Å². The van der Waals surface area contributed by atoms with Gasteiger partial charge < -0.3 is 53.7 Å². The molecule has 0 aromatic heterocycles. The average molecular weight is 1820 g/mol. The molecule has 8 atom stereocenters. The molecule has 0 radical (unpaired) electrons. The molecule has 7 amide bonds. The summed E-state index contributed by atoms with van der Waals surface area (Å²) in [7, 11) is -3.13. The normalized spacial score (nSPS) is 19.0. The number of nitrogens with two attached hydrogens (primary N) is 1. The molecule has 0 aromatic carbocycles. The van der Waals surface area contributed by atoms with Crippen LogP contribution >= 0.6 is 19.2 Å². The second kappa shape index (κ2) is 71.2. The van der Waals surface area contributed by atoms with Crippen LogP contribution in [-0.2, 0) is 80.4 Å². The smallest absolute Gasteiger partial charge is 0.417 e. The quantitative estimate of drug-likeness (QED) is 0.0118. The number of carboxylic acid groups (broad SMARTS) is 1. The fourth-order valence-corrected chi connectivity index (χ4v) is 13.8. The number of halogens is 1. The molecule has 2 saturated heterocycles. The van der Waals surface area contributed by atoms with E-state index in [1.807, 2.05) is 198 Å². The second-order valence-corrected chi connectivity index (χ2v) is 34.9. The predicted molar refractivity (Wildman–Crippen MR) is 514 cm³/mol. The zero-order valence-electron chi connectivity index (χ0n) is 83.0. The number of esters is 2. The highest BCUT2D eigenvalue weighted by Crippen LogP contribution is 2.50. The second-order valence-electron chi connectivity index (χ2n) is 32.4. The van der Waals surface area contributed by atoms with Crippen LogP contribution in [-0.4, -0.2) is 173 Å². The Morgan fingerprint density at radius 2 is 0.866 bits per heavy atom. The Morgan fingerprint density at radius 3 is 1.18 bits per heavy atom. The molecule has 2 aliphatic heterocycles. The number of amides is 7. The molecule has 0 unspecified atom stereocenters. The summed E-state index contributed by atoms with van der Waals surface area (Å²) < 4.78 is 47.8. The molecular weight excluding hydrogens is 1660 g/mol. The molecule has 28 heteroatoms. The number of fused-ring (bicyclic) bond motifs is 2. The minimum absolute atomic E-state index is 0.0475. The van der Waals surface area contributed by atoms with Crippen LogP contribution in [0.5, 0.6) is 0 Å². The Balaban J connectivity index is -0.000000330. The molecule has 2 aliphatic carbocycles. The van der Waals surface area contributed by atoms with Gasteiger partial charge in [-0.2, -0.15) is 0 Å². The number of aliphatic carboxylic acids is 1. The van der Waals surface area contributed by atoms with Gasteiger partial charge in [-0.25, -0.2) is 43.5 Å². The maximum atomic E-state index is 12.5. The van der Waals surface area contributed by atoms with E-state index in [0.29, 0.717) is 81.9 Å². The number of aldehydes is 1. The summed E-state index contributed by atoms with van der Waals surface area (Å²) in [5.41, 5.74) is 10.4. The summed E-state index contributed by atoms with van der Waals surface area (Å²) >= 11 is 5.06. The largest absolute Gasteiger partial charge is 0.478 e. The summed E-state index contributed by atoms with van der Waals surface area (Å²) in [5.74, 6) is -0.397. The van der Waals surface area contributed by atoms with Crippen molar-refractivity contribution in [3.63, 3.8) is 0 Å². The minimum Gasteiger partial charge on any atom is -0.478 e. The topological polar surface area (TPSA) is 355 Å². The van der Waals surface area contributed by atoms with Gasteiger partial charge in [0.2, 0.25) is 23.0 Å². The zero-order chi connectivity index (χ0) is 99.7. The summed E-state index contributed by atoms with van der Waals surface area (Å²) in [6.45, 7) is 67.0. The van der Waals surface area contributed by atoms with Crippen molar-refractivity contribution in [3.8, 4) is 0 Å². The summed E-state index contributed by atoms with van der Waals surface area (Å²) in [6, 6.07) is 0. The number of hydrogen-bond donors (Lipinski definition) is 3. The van der Waals surface area contributed by atoms with Gasteiger partial charge in [0, 0.05) is 62.6 Å². The van der Waals surface area contributed by atoms with E-state index in [4.69, 9.17) is 60.0 Å². The van der Waals surface area contributed by atoms with Gasteiger partial charge in [-0.05, 0) is 283 Å². The number of hydrogen-bond acceptors (Lipinski definition) is 21. The molecule has 0 saturated carbocycles. The standard InChI is InChI=1S/3C16H25NO3.C11H17NO.C11H21O5P.C9H14O2.C7H9ClO.C7H10O2.C4H9N.C2H4O/c2*1-9-7-10(2)13-12(11(9)3)8-17(14(13)18)15(19)20-16(4,5)6;1-7-9-11-17(15(19)20-16(4,5)6)14(18)12-13(3)10-8-2;1-4-6-8-12-11(13)9-10(3)7-5-2;1-5-14-11(12)8-10(4)9-17(13,15-6-2)16-7-3;1-4-6-8(3)7-9(10)11-5-2;2*1-3-4-6(2)5-7(8)9;1-2-3-4-5;1-2-3/h2*7,9,11-13H,8H2,1-6H3;7-10,12H,11H2,1-6H3;4-7,9H,8H2,1-3H3,(H,12,13);8H,5-7,9H2,1-4H3;4,6-7H,5H2,1-3H3;3-5H,1-2H3;3-5H,1-2H3,(H,8,9);2-3H,4-5H2,1H3;2H,1H3/b;;9-7-,10-8+,13-12+;6-4-,7-5+,10-9+;10-8+;6-4+,8-7+;2*4-3+,6-5+;3-2-;/t9-,11+,12+,13+;9-,11-,12-,13+;;;;;;;;/m10......../s1. The first-order chi connectivity index (χ1) is 59.0. The third-order valence-electron chi connectivity index (χ3n) is 17.3. The van der Waals surface area contributed by atoms with Crippen molar-refractivity contribution in [2.75, 3.05) is 65.3 Å². The van der Waals surface area contributed by atoms with Gasteiger partial charge in [0.1, 0.15) is 23.1 Å². The van der Waals surface area contributed by atoms with Crippen molar-refractivity contribution in [1.29, 1.82) is 0 Å². The van der Waals surface area contributed by atoms with Gasteiger partial charge in [-0.1, -0.05) is 154 Å². The zero-order valence-corrected chi connectivity index (χ0v) is 84.6. The number of imide groups is 3. The predicted octanol–water partition coefficient (Wildman–Crippen LogP) is 21.9. The van der Waals surface area contributed by atoms with E-state index in [9.17, 15) is 57.3 Å². The number of allylic oxidation sites excluding steroid dienone is 22. The number of rotatable bonds is 24. The number of carboxylic acids is 1. The Hall–Kier alpha value is -9.72. The van der Waals surface area contributed by atoms with Crippen molar-refractivity contribution in [3.05, 3.63) is 190 Å². The van der Waals surface area contributed by atoms with Crippen LogP contribution in [0.1, 0.15) is 235 Å². The van der Waals surface area contributed by atoms with Crippen LogP contribution in [0.25, 0.3) is 0 Å². The van der Waals surface area contributed by atoms with Crippen LogP contribution in [0.15, 0.2) is 190 Å². The van der Waals surface area contributed by atoms with E-state index < -0.39 is 59.9 Å². The molecule has 2 fully saturated rings. The van der Waals surface area contributed by atoms with Crippen molar-refractivity contribution >= 4 is 90.5 Å². The third-order valence-corrected chi connectivity index (χ3v) is 19.6. The van der Waals surface area contributed by atoms with Gasteiger partial charge >= 0.3 is 43.8 Å². The highest BCUT2D eigenvalue weighted by atomic mass is 35.5. The number of nitrogens with zero attached hydrogens (tertiary/aromatic N) is 3. The maximum Gasteiger partial charge on any atom is 0.417 e. The maximum absolute atomic E-state index is 12.5. The van der Waals surface area contributed by atoms with Gasteiger partial charge in [0.15, 0.2) is 0 Å². The molecule has 4 aliphatic rings. The van der Waals surface area contributed by atoms with Crippen molar-refractivity contribution in [2.24, 2.45) is 53.1 Å². The first-order valence-electron chi connectivity index (χ1n) is 43.0. The monoisotopic (exact) mass is 1820 g/mol. The van der Waals surface area contributed by atoms with E-state index in [0.717, 1.165) is 50.2 Å². The average Bonchev–Trinajstić information content (AvgIpc) is 1.62. The number of carbonyl (C=O) groups is 12. The van der Waals surface area contributed by atoms with Crippen LogP contribution in [0.2, 0.25) is 0 Å². The highest BCUT2D eigenvalue weighted by Gasteiger charge is 2.51. The lowest BCUT2D eigenvalue weighted by molar-refractivity contribution is -0.138. The van der Waals surface area contributed by atoms with Gasteiger partial charge in [0.25, 0.3) is 5.91 Å². The van der Waals surface area contributed by atoms with E-state index in [1.165, 1.54) is 47.1 Å². The molecule has 127 heavy (non-hydrogen) atoms. The van der Waals surface area contributed by atoms with Crippen molar-refractivity contribution < 1.29 is 99.9 Å². The lowest BCUT2D eigenvalue weighted by Crippen LogP contribution is -2.40. The van der Waals surface area contributed by atoms with Crippen molar-refractivity contribution in [2.45, 2.75) is 252 Å². The highest BCUT2D eigenvalue weighted by molar-refractivity contribution is 7.54. The van der Waals surface area contributed by atoms with Gasteiger partial charge in [-0.3, -0.25) is 28.5 Å². The van der Waals surface area contributed by atoms with E-state index in [-0.39, 0.29) is 66.0 Å². The molecule has 0 aromatic rings. The van der Waals surface area contributed by atoms with E-state index >= 15 is 0 Å². The first-order valence-corrected chi connectivity index (χ1v) is 45.2. The summed E-state index contributed by atoms with van der Waals surface area (Å²) in [5, 5.41) is 10.5. The number of nitrogens with one attached hydrogen (secondary N) is 1. The Morgan fingerprint density at radius 1 is 0.520 bits per heavy atom. The lowest BCUT2D eigenvalue weighted by Gasteiger charge is -2.32. The molecule has 718 valence electrons. The fourth-order valence-electron chi connectivity index (χ4n) is 11.9. The Labute approximate surface area is 767 Å². The van der Waals surface area contributed by atoms with Crippen LogP contribution in [0.3, 0.4) is 0 Å². The molecule has 0 spiro atoms. The molecular formula is C99H159ClN5O21P. The molecule has 2 heterocycles. The van der Waals surface area contributed by atoms with E-state index in [1.54, 1.807) is 106 Å². The Bertz CT molecular complexity index is 3850. The molecule has 4 N–H and O–H groups in total. The van der Waals surface area contributed by atoms with Gasteiger partial charge in [-0.15, -0.1) is 0 Å². The minimum atomic E-state index is -3.13. The summed E-state index contributed by atoms with van der Waals surface area (Å²) in [4.78, 5) is 139. The fraction of sp³-hybridized carbons (Fsp3) is 0.556.